The van der Waals surface area contributed by atoms with Gasteiger partial charge in [-0.3, -0.25) is 0 Å². The minimum Gasteiger partial charge on any atom is -0.481 e. The smallest absolute Gasteiger partial charge is 0.211 e. The van der Waals surface area contributed by atoms with E-state index in [9.17, 15) is 0 Å². The van der Waals surface area contributed by atoms with E-state index in [4.69, 9.17) is 9.47 Å². The van der Waals surface area contributed by atoms with Crippen molar-refractivity contribution >= 4 is 6.21 Å². The highest BCUT2D eigenvalue weighted by Crippen LogP contribution is 2.38. The highest BCUT2D eigenvalue weighted by atomic mass is 16.6. The van der Waals surface area contributed by atoms with Crippen LogP contribution in [-0.4, -0.2) is 25.0 Å². The van der Waals surface area contributed by atoms with Crippen LogP contribution in [0, 0.1) is 0 Å². The Morgan fingerprint density at radius 1 is 1.80 bits per heavy atom. The Bertz CT molecular complexity index is 222. The fourth-order valence-corrected chi connectivity index (χ4v) is 1.03. The molecule has 0 saturated carbocycles. The highest BCUT2D eigenvalue weighted by Gasteiger charge is 2.51. The predicted octanol–water partition coefficient (Wildman–Crippen LogP) is 0.716. The first-order chi connectivity index (χ1) is 4.74. The number of ether oxygens (including phenoxy) is 2. The van der Waals surface area contributed by atoms with Gasteiger partial charge < -0.3 is 9.47 Å². The lowest BCUT2D eigenvalue weighted by atomic mass is 10.1. The van der Waals surface area contributed by atoms with Crippen molar-refractivity contribution in [2.45, 2.75) is 18.6 Å². The molecule has 1 fully saturated rings. The summed E-state index contributed by atoms with van der Waals surface area (Å²) in [5.74, 6) is 0.653. The van der Waals surface area contributed by atoms with Crippen LogP contribution < -0.4 is 0 Å². The monoisotopic (exact) mass is 139 g/mol. The molecule has 1 saturated heterocycles. The van der Waals surface area contributed by atoms with E-state index in [1.807, 2.05) is 13.0 Å². The van der Waals surface area contributed by atoms with E-state index in [0.717, 1.165) is 0 Å². The molecule has 0 N–H and O–H groups in total. The summed E-state index contributed by atoms with van der Waals surface area (Å²) in [6.07, 6.45) is 3.87. The molecule has 2 rings (SSSR count). The summed E-state index contributed by atoms with van der Waals surface area (Å²) >= 11 is 0. The van der Waals surface area contributed by atoms with Crippen molar-refractivity contribution in [3.05, 3.63) is 12.0 Å². The van der Waals surface area contributed by atoms with Crippen LogP contribution in [0.25, 0.3) is 0 Å². The van der Waals surface area contributed by atoms with Crippen LogP contribution in [0.2, 0.25) is 0 Å². The van der Waals surface area contributed by atoms with Crippen molar-refractivity contribution in [3.8, 4) is 0 Å². The third-order valence-electron chi connectivity index (χ3n) is 1.84. The number of methoxy groups -OCH3 is 1. The zero-order valence-corrected chi connectivity index (χ0v) is 6.00. The molecule has 0 amide bonds. The predicted molar refractivity (Wildman–Crippen MR) is 36.9 cm³/mol. The van der Waals surface area contributed by atoms with Gasteiger partial charge >= 0.3 is 0 Å². The van der Waals surface area contributed by atoms with E-state index in [2.05, 4.69) is 4.99 Å². The van der Waals surface area contributed by atoms with Crippen molar-refractivity contribution in [1.82, 2.24) is 0 Å². The van der Waals surface area contributed by atoms with Gasteiger partial charge in [-0.1, -0.05) is 0 Å². The molecule has 0 unspecified atom stereocenters. The molecule has 3 nitrogen and oxygen atoms in total. The molecular formula is C7H9NO2. The first kappa shape index (κ1) is 5.92. The van der Waals surface area contributed by atoms with E-state index in [-0.39, 0.29) is 11.7 Å². The maximum absolute atomic E-state index is 5.29. The second-order valence-electron chi connectivity index (χ2n) is 2.69. The van der Waals surface area contributed by atoms with Crippen molar-refractivity contribution < 1.29 is 9.47 Å². The molecule has 2 atom stereocenters. The molecule has 2 heterocycles. The fraction of sp³-hybridized carbons (Fsp3) is 0.571. The van der Waals surface area contributed by atoms with Crippen LogP contribution in [0.4, 0.5) is 0 Å². The van der Waals surface area contributed by atoms with Crippen LogP contribution in [0.15, 0.2) is 17.0 Å². The topological polar surface area (TPSA) is 34.1 Å². The Balaban J connectivity index is 2.20. The molecule has 2 aliphatic heterocycles. The normalized spacial score (nSPS) is 42.2. The Hall–Kier alpha value is -0.830. The summed E-state index contributed by atoms with van der Waals surface area (Å²) in [6.45, 7) is 2.00. The molecule has 0 spiro atoms. The van der Waals surface area contributed by atoms with Gasteiger partial charge in [-0.05, 0) is 6.92 Å². The van der Waals surface area contributed by atoms with E-state index in [1.54, 1.807) is 13.3 Å². The summed E-state index contributed by atoms with van der Waals surface area (Å²) in [5, 5.41) is 0. The second-order valence-corrected chi connectivity index (χ2v) is 2.69. The fourth-order valence-electron chi connectivity index (χ4n) is 1.03. The second kappa shape index (κ2) is 1.61. The lowest BCUT2D eigenvalue weighted by Gasteiger charge is -2.03. The molecule has 0 bridgehead atoms. The van der Waals surface area contributed by atoms with Crippen LogP contribution in [-0.2, 0) is 9.47 Å². The average molecular weight is 139 g/mol. The Labute approximate surface area is 59.4 Å². The molecule has 0 radical (unpaired) electrons. The minimum absolute atomic E-state index is 0.123. The van der Waals surface area contributed by atoms with Crippen LogP contribution in [0.3, 0.4) is 0 Å². The lowest BCUT2D eigenvalue weighted by Crippen LogP contribution is -2.14. The number of epoxide rings is 1. The van der Waals surface area contributed by atoms with Crippen molar-refractivity contribution in [3.63, 3.8) is 0 Å². The number of rotatable bonds is 1. The van der Waals surface area contributed by atoms with Gasteiger partial charge in [0.2, 0.25) is 5.88 Å². The van der Waals surface area contributed by atoms with E-state index >= 15 is 0 Å². The number of hydrogen-bond donors (Lipinski definition) is 0. The number of hydrogen-bond acceptors (Lipinski definition) is 3. The highest BCUT2D eigenvalue weighted by molar-refractivity contribution is 5.76. The van der Waals surface area contributed by atoms with Gasteiger partial charge in [0.05, 0.1) is 7.11 Å². The van der Waals surface area contributed by atoms with Crippen LogP contribution in [0.1, 0.15) is 6.92 Å². The van der Waals surface area contributed by atoms with Gasteiger partial charge in [-0.25, -0.2) is 4.99 Å². The largest absolute Gasteiger partial charge is 0.481 e. The zero-order valence-electron chi connectivity index (χ0n) is 6.00. The molecule has 0 aromatic heterocycles. The van der Waals surface area contributed by atoms with Gasteiger partial charge in [-0.15, -0.1) is 0 Å². The van der Waals surface area contributed by atoms with E-state index in [0.29, 0.717) is 5.88 Å². The molecule has 10 heavy (non-hydrogen) atoms. The quantitative estimate of drug-likeness (QED) is 0.501. The zero-order chi connectivity index (χ0) is 7.19. The average Bonchev–Trinajstić information content (AvgIpc) is 2.59. The number of nitrogens with zero attached hydrogens (tertiary/aromatic N) is 1. The van der Waals surface area contributed by atoms with Crippen LogP contribution in [0.5, 0.6) is 0 Å². The van der Waals surface area contributed by atoms with E-state index < -0.39 is 0 Å². The maximum atomic E-state index is 5.29. The van der Waals surface area contributed by atoms with Crippen molar-refractivity contribution in [2.24, 2.45) is 4.99 Å². The maximum Gasteiger partial charge on any atom is 0.211 e. The van der Waals surface area contributed by atoms with Crippen molar-refractivity contribution in [2.75, 3.05) is 7.11 Å². The molecule has 0 aromatic carbocycles. The van der Waals surface area contributed by atoms with Gasteiger partial charge in [0.15, 0.2) is 0 Å². The van der Waals surface area contributed by atoms with Gasteiger partial charge in [0, 0.05) is 12.3 Å². The van der Waals surface area contributed by atoms with Gasteiger partial charge in [0.25, 0.3) is 0 Å². The summed E-state index contributed by atoms with van der Waals surface area (Å²) < 4.78 is 10.2. The van der Waals surface area contributed by atoms with Crippen LogP contribution >= 0.6 is 0 Å². The third kappa shape index (κ3) is 0.671. The van der Waals surface area contributed by atoms with E-state index in [1.165, 1.54) is 0 Å². The molecule has 0 aromatic rings. The molecule has 0 aliphatic carbocycles. The first-order valence-electron chi connectivity index (χ1n) is 3.23. The summed E-state index contributed by atoms with van der Waals surface area (Å²) in [4.78, 5) is 4.03. The molecule has 54 valence electrons. The number of fused-ring (bicyclic) bond motifs is 1. The minimum atomic E-state index is -0.123. The molecule has 3 heteroatoms. The summed E-state index contributed by atoms with van der Waals surface area (Å²) in [6, 6.07) is 0. The Morgan fingerprint density at radius 3 is 3.20 bits per heavy atom. The molecular weight excluding hydrogens is 130 g/mol. The van der Waals surface area contributed by atoms with Gasteiger partial charge in [0.1, 0.15) is 11.7 Å². The lowest BCUT2D eigenvalue weighted by molar-refractivity contribution is 0.285. The number of aliphatic imine (C=N–C) groups is 1. The summed E-state index contributed by atoms with van der Waals surface area (Å²) in [5.41, 5.74) is -0.123. The molecule has 2 aliphatic rings. The standard InChI is InChI=1S/C7H9NO2/c1-7-4-8-6(9-2)3-5(7)10-7/h3-5H,1-2H3/t5-,7+/m0/s1. The SMILES string of the molecule is COC1=C[C@@H]2O[C@]2(C)C=N1. The third-order valence-corrected chi connectivity index (χ3v) is 1.84. The van der Waals surface area contributed by atoms with Crippen molar-refractivity contribution in [1.29, 1.82) is 0 Å². The Morgan fingerprint density at radius 2 is 2.60 bits per heavy atom. The Kier molecular flexibility index (Phi) is 0.951. The summed E-state index contributed by atoms with van der Waals surface area (Å²) in [7, 11) is 1.61. The van der Waals surface area contributed by atoms with Gasteiger partial charge in [-0.2, -0.15) is 0 Å². The first-order valence-corrected chi connectivity index (χ1v) is 3.23.